The van der Waals surface area contributed by atoms with Gasteiger partial charge in [0.2, 0.25) is 0 Å². The van der Waals surface area contributed by atoms with Crippen molar-refractivity contribution in [2.75, 3.05) is 0 Å². The molecule has 0 aliphatic heterocycles. The molecule has 0 aliphatic carbocycles. The van der Waals surface area contributed by atoms with Crippen LogP contribution in [0.15, 0.2) is 36.7 Å². The molecule has 0 bridgehead atoms. The van der Waals surface area contributed by atoms with E-state index in [-0.39, 0.29) is 12.0 Å². The minimum absolute atomic E-state index is 0.0432. The Kier molecular flexibility index (Phi) is 8.18. The fraction of sp³-hybridized carbons (Fsp3) is 0.423. The summed E-state index contributed by atoms with van der Waals surface area (Å²) in [5, 5.41) is 21.9. The number of aryl methyl sites for hydroxylation is 1. The molecule has 2 aromatic rings. The average Bonchev–Trinajstić information content (AvgIpc) is 2.75. The zero-order valence-corrected chi connectivity index (χ0v) is 19.8. The van der Waals surface area contributed by atoms with Crippen molar-refractivity contribution < 1.29 is 14.6 Å². The summed E-state index contributed by atoms with van der Waals surface area (Å²) >= 11 is 0. The van der Waals surface area contributed by atoms with Gasteiger partial charge in [0.1, 0.15) is 24.0 Å². The predicted molar refractivity (Wildman–Crippen MR) is 126 cm³/mol. The molecule has 170 valence electrons. The fourth-order valence-corrected chi connectivity index (χ4v) is 2.99. The lowest BCUT2D eigenvalue weighted by atomic mass is 9.93. The van der Waals surface area contributed by atoms with Gasteiger partial charge >= 0.3 is 5.97 Å². The van der Waals surface area contributed by atoms with E-state index >= 15 is 0 Å². The molecule has 0 saturated carbocycles. The van der Waals surface area contributed by atoms with Crippen molar-refractivity contribution in [3.05, 3.63) is 64.5 Å². The topological polar surface area (TPSA) is 95.2 Å². The quantitative estimate of drug-likeness (QED) is 0.559. The molecular formula is C26H33N3O3. The molecule has 0 spiro atoms. The number of nitrogens with zero attached hydrogens (tertiary/aromatic N) is 2. The van der Waals surface area contributed by atoms with Crippen molar-refractivity contribution in [3.8, 4) is 11.8 Å². The summed E-state index contributed by atoms with van der Waals surface area (Å²) in [5.74, 6) is -0.217. The number of rotatable bonds is 9. The Morgan fingerprint density at radius 3 is 2.56 bits per heavy atom. The highest BCUT2D eigenvalue weighted by atomic mass is 16.5. The first-order valence-electron chi connectivity index (χ1n) is 10.8. The lowest BCUT2D eigenvalue weighted by Gasteiger charge is -2.25. The molecule has 0 radical (unpaired) electrons. The molecule has 0 aliphatic rings. The van der Waals surface area contributed by atoms with E-state index in [0.29, 0.717) is 24.3 Å². The van der Waals surface area contributed by atoms with Crippen molar-refractivity contribution in [1.82, 2.24) is 10.3 Å². The van der Waals surface area contributed by atoms with Crippen molar-refractivity contribution >= 4 is 12.0 Å². The van der Waals surface area contributed by atoms with Gasteiger partial charge < -0.3 is 9.84 Å². The molecule has 0 amide bonds. The summed E-state index contributed by atoms with van der Waals surface area (Å²) in [4.78, 5) is 15.8. The van der Waals surface area contributed by atoms with E-state index in [4.69, 9.17) is 10.00 Å². The zero-order chi connectivity index (χ0) is 23.9. The average molecular weight is 436 g/mol. The second-order valence-electron chi connectivity index (χ2n) is 9.34. The number of hydrogen-bond acceptors (Lipinski definition) is 5. The van der Waals surface area contributed by atoms with Gasteiger partial charge in [0, 0.05) is 30.1 Å². The van der Waals surface area contributed by atoms with Crippen LogP contribution in [0.5, 0.6) is 5.75 Å². The predicted octanol–water partition coefficient (Wildman–Crippen LogP) is 5.24. The van der Waals surface area contributed by atoms with E-state index in [1.165, 1.54) is 6.20 Å². The maximum Gasteiger partial charge on any atom is 0.323 e. The molecule has 2 rings (SSSR count). The minimum atomic E-state index is -1.03. The first-order valence-corrected chi connectivity index (χ1v) is 10.8. The molecule has 32 heavy (non-hydrogen) atoms. The number of carboxylic acid groups (broad SMARTS) is 1. The van der Waals surface area contributed by atoms with Crippen molar-refractivity contribution in [2.45, 2.75) is 66.7 Å². The van der Waals surface area contributed by atoms with Gasteiger partial charge in [0.25, 0.3) is 0 Å². The summed E-state index contributed by atoms with van der Waals surface area (Å²) < 4.78 is 6.14. The zero-order valence-electron chi connectivity index (χ0n) is 19.8. The molecule has 0 saturated heterocycles. The van der Waals surface area contributed by atoms with Gasteiger partial charge in [-0.1, -0.05) is 45.9 Å². The number of pyridine rings is 1. The number of benzene rings is 1. The van der Waals surface area contributed by atoms with E-state index in [1.54, 1.807) is 19.2 Å². The van der Waals surface area contributed by atoms with Gasteiger partial charge in [0.05, 0.1) is 5.56 Å². The van der Waals surface area contributed by atoms with E-state index in [1.807, 2.05) is 26.0 Å². The van der Waals surface area contributed by atoms with Crippen LogP contribution in [0.4, 0.5) is 0 Å². The molecule has 2 N–H and O–H groups in total. The Hall–Kier alpha value is -3.17. The summed E-state index contributed by atoms with van der Waals surface area (Å²) in [7, 11) is 0. The second kappa shape index (κ2) is 10.4. The van der Waals surface area contributed by atoms with Crippen LogP contribution in [0.1, 0.15) is 68.9 Å². The van der Waals surface area contributed by atoms with Crippen molar-refractivity contribution in [1.29, 1.82) is 5.26 Å². The molecular weight excluding hydrogens is 402 g/mol. The van der Waals surface area contributed by atoms with Gasteiger partial charge in [-0.3, -0.25) is 15.1 Å². The SMILES string of the molecule is CC[C@@](C)(NCc1cc(C)c(/C=C/C(C)(C)C)cc1OCc1cncc(C#N)c1)C(=O)O. The maximum absolute atomic E-state index is 11.7. The highest BCUT2D eigenvalue weighted by molar-refractivity contribution is 5.78. The molecule has 1 aromatic heterocycles. The number of nitriles is 1. The first kappa shape index (κ1) is 25.1. The van der Waals surface area contributed by atoms with Gasteiger partial charge in [-0.15, -0.1) is 0 Å². The van der Waals surface area contributed by atoms with Crippen LogP contribution in [0, 0.1) is 23.7 Å². The minimum Gasteiger partial charge on any atom is -0.488 e. The Morgan fingerprint density at radius 1 is 1.25 bits per heavy atom. The Labute approximate surface area is 191 Å². The van der Waals surface area contributed by atoms with Crippen molar-refractivity contribution in [2.24, 2.45) is 5.41 Å². The molecule has 6 heteroatoms. The molecule has 1 aromatic carbocycles. The molecule has 1 atom stereocenters. The van der Waals surface area contributed by atoms with E-state index in [0.717, 1.165) is 22.3 Å². The first-order chi connectivity index (χ1) is 15.0. The van der Waals surface area contributed by atoms with E-state index in [2.05, 4.69) is 49.3 Å². The largest absolute Gasteiger partial charge is 0.488 e. The van der Waals surface area contributed by atoms with Crippen LogP contribution in [-0.2, 0) is 17.9 Å². The Bertz CT molecular complexity index is 1030. The van der Waals surface area contributed by atoms with Gasteiger partial charge in [-0.2, -0.15) is 5.26 Å². The molecule has 6 nitrogen and oxygen atoms in total. The van der Waals surface area contributed by atoms with Crippen LogP contribution in [-0.4, -0.2) is 21.6 Å². The number of carboxylic acids is 1. The number of aliphatic carboxylic acids is 1. The summed E-state index contributed by atoms with van der Waals surface area (Å²) in [6.45, 7) is 12.6. The summed E-state index contributed by atoms with van der Waals surface area (Å²) in [5.41, 5.74) is 3.28. The molecule has 0 fully saturated rings. The smallest absolute Gasteiger partial charge is 0.323 e. The normalized spacial score (nSPS) is 13.5. The lowest BCUT2D eigenvalue weighted by Crippen LogP contribution is -2.48. The number of allylic oxidation sites excluding steroid dienone is 1. The third-order valence-corrected chi connectivity index (χ3v) is 5.38. The van der Waals surface area contributed by atoms with Gasteiger partial charge in [0.15, 0.2) is 0 Å². The summed E-state index contributed by atoms with van der Waals surface area (Å²) in [6.07, 6.45) is 7.88. The number of nitrogens with one attached hydrogen (secondary N) is 1. The number of hydrogen-bond donors (Lipinski definition) is 2. The van der Waals surface area contributed by atoms with Gasteiger partial charge in [-0.25, -0.2) is 0 Å². The highest BCUT2D eigenvalue weighted by Gasteiger charge is 2.30. The lowest BCUT2D eigenvalue weighted by molar-refractivity contribution is -0.144. The Morgan fingerprint density at radius 2 is 1.97 bits per heavy atom. The van der Waals surface area contributed by atoms with Crippen LogP contribution < -0.4 is 10.1 Å². The third kappa shape index (κ3) is 6.93. The molecule has 1 heterocycles. The number of aromatic nitrogens is 1. The third-order valence-electron chi connectivity index (χ3n) is 5.38. The number of carbonyl (C=O) groups is 1. The fourth-order valence-electron chi connectivity index (χ4n) is 2.99. The number of ether oxygens (including phenoxy) is 1. The highest BCUT2D eigenvalue weighted by Crippen LogP contribution is 2.28. The van der Waals surface area contributed by atoms with Crippen LogP contribution in [0.25, 0.3) is 6.08 Å². The van der Waals surface area contributed by atoms with E-state index in [9.17, 15) is 9.90 Å². The van der Waals surface area contributed by atoms with Crippen LogP contribution in [0.3, 0.4) is 0 Å². The van der Waals surface area contributed by atoms with Crippen LogP contribution in [0.2, 0.25) is 0 Å². The maximum atomic E-state index is 11.7. The van der Waals surface area contributed by atoms with Crippen molar-refractivity contribution in [3.63, 3.8) is 0 Å². The van der Waals surface area contributed by atoms with E-state index < -0.39 is 11.5 Å². The second-order valence-corrected chi connectivity index (χ2v) is 9.34. The Balaban J connectivity index is 2.37. The van der Waals surface area contributed by atoms with Crippen LogP contribution >= 0.6 is 0 Å². The standard InChI is InChI=1S/C26H33N3O3/c1-7-26(6,24(30)31)29-16-22-10-18(2)21(8-9-25(3,4)5)12-23(22)32-17-20-11-19(13-27)14-28-15-20/h8-12,14-15,29H,7,16-17H2,1-6H3,(H,30,31)/b9-8+/t26-/m1/s1. The monoisotopic (exact) mass is 435 g/mol. The van der Waals surface area contributed by atoms with Gasteiger partial charge in [-0.05, 0) is 48.9 Å². The summed E-state index contributed by atoms with van der Waals surface area (Å²) in [6, 6.07) is 7.85. The molecule has 0 unspecified atom stereocenters.